The molecule has 6 nitrogen and oxygen atoms in total. The van der Waals surface area contributed by atoms with Crippen molar-refractivity contribution < 1.29 is 28.3 Å². The number of hydrogen-bond donors (Lipinski definition) is 3. The van der Waals surface area contributed by atoms with Gasteiger partial charge in [-0.2, -0.15) is 0 Å². The molecule has 2 aromatic carbocycles. The maximum atomic E-state index is 12.5. The van der Waals surface area contributed by atoms with Crippen molar-refractivity contribution in [2.45, 2.75) is 30.5 Å². The highest BCUT2D eigenvalue weighted by atomic mass is 32.2. The number of benzene rings is 2. The van der Waals surface area contributed by atoms with Crippen LogP contribution < -0.4 is 0 Å². The van der Waals surface area contributed by atoms with Crippen LogP contribution in [-0.4, -0.2) is 54.5 Å². The zero-order chi connectivity index (χ0) is 22.0. The zero-order valence-electron chi connectivity index (χ0n) is 17.0. The van der Waals surface area contributed by atoms with Gasteiger partial charge in [0.15, 0.2) is 9.84 Å². The van der Waals surface area contributed by atoms with Crippen LogP contribution in [0.1, 0.15) is 24.0 Å². The highest BCUT2D eigenvalue weighted by molar-refractivity contribution is 7.92. The lowest BCUT2D eigenvalue weighted by molar-refractivity contribution is 0.169. The molecule has 2 aliphatic rings. The van der Waals surface area contributed by atoms with Gasteiger partial charge < -0.3 is 19.9 Å². The average Bonchev–Trinajstić information content (AvgIpc) is 3.03. The van der Waals surface area contributed by atoms with Gasteiger partial charge in [-0.1, -0.05) is 48.5 Å². The van der Waals surface area contributed by atoms with E-state index in [-0.39, 0.29) is 24.4 Å². The maximum Gasteiger partial charge on any atom is 0.456 e. The zero-order valence-corrected chi connectivity index (χ0v) is 17.8. The largest absolute Gasteiger partial charge is 0.507 e. The Morgan fingerprint density at radius 2 is 1.84 bits per heavy atom. The molecule has 4 rings (SSSR count). The molecule has 0 unspecified atom stereocenters. The van der Waals surface area contributed by atoms with E-state index in [0.29, 0.717) is 29.6 Å². The number of para-hydroxylation sites is 1. The van der Waals surface area contributed by atoms with Crippen molar-refractivity contribution >= 4 is 28.6 Å². The fourth-order valence-electron chi connectivity index (χ4n) is 4.45. The number of hydrogen-bond acceptors (Lipinski definition) is 6. The van der Waals surface area contributed by atoms with Gasteiger partial charge in [-0.3, -0.25) is 0 Å². The van der Waals surface area contributed by atoms with Crippen LogP contribution >= 0.6 is 0 Å². The minimum Gasteiger partial charge on any atom is -0.507 e. The van der Waals surface area contributed by atoms with Gasteiger partial charge in [0.1, 0.15) is 5.75 Å². The molecule has 1 saturated heterocycles. The highest BCUT2D eigenvalue weighted by Gasteiger charge is 2.48. The molecule has 0 amide bonds. The second-order valence-electron chi connectivity index (χ2n) is 7.96. The van der Waals surface area contributed by atoms with Gasteiger partial charge >= 0.3 is 7.12 Å². The van der Waals surface area contributed by atoms with Crippen molar-refractivity contribution in [1.29, 1.82) is 0 Å². The van der Waals surface area contributed by atoms with Crippen molar-refractivity contribution in [1.82, 2.24) is 0 Å². The van der Waals surface area contributed by atoms with Crippen LogP contribution in [0.15, 0.2) is 65.7 Å². The first kappa shape index (κ1) is 21.8. The van der Waals surface area contributed by atoms with Crippen LogP contribution in [0.5, 0.6) is 5.75 Å². The smallest absolute Gasteiger partial charge is 0.456 e. The Morgan fingerprint density at radius 1 is 1.13 bits per heavy atom. The summed E-state index contributed by atoms with van der Waals surface area (Å²) < 4.78 is 30.8. The van der Waals surface area contributed by atoms with Crippen LogP contribution in [0.25, 0.3) is 11.6 Å². The summed E-state index contributed by atoms with van der Waals surface area (Å²) in [6.45, 7) is -0.333. The predicted molar refractivity (Wildman–Crippen MR) is 121 cm³/mol. The second kappa shape index (κ2) is 9.00. The predicted octanol–water partition coefficient (Wildman–Crippen LogP) is 2.68. The van der Waals surface area contributed by atoms with E-state index in [1.54, 1.807) is 12.1 Å². The van der Waals surface area contributed by atoms with E-state index in [1.807, 2.05) is 48.5 Å². The molecular weight excluding hydrogens is 415 g/mol. The number of fused-ring (bicyclic) bond motifs is 1. The van der Waals surface area contributed by atoms with Crippen LogP contribution in [0.3, 0.4) is 0 Å². The van der Waals surface area contributed by atoms with Crippen LogP contribution in [0.4, 0.5) is 0 Å². The molecule has 2 atom stereocenters. The Bertz CT molecular complexity index is 1110. The Hall–Kier alpha value is -2.39. The summed E-state index contributed by atoms with van der Waals surface area (Å²) in [6, 6.07) is 16.8. The Kier molecular flexibility index (Phi) is 6.34. The second-order valence-corrected chi connectivity index (χ2v) is 10.1. The number of aromatic hydroxyl groups is 1. The molecule has 0 aliphatic carbocycles. The molecule has 3 N–H and O–H groups in total. The van der Waals surface area contributed by atoms with Crippen molar-refractivity contribution in [3.8, 4) is 5.75 Å². The van der Waals surface area contributed by atoms with Crippen LogP contribution in [0.2, 0.25) is 6.32 Å². The van der Waals surface area contributed by atoms with Crippen molar-refractivity contribution in [3.05, 3.63) is 76.9 Å². The van der Waals surface area contributed by atoms with Gasteiger partial charge in [0.05, 0.1) is 23.7 Å². The molecule has 0 bridgehead atoms. The Morgan fingerprint density at radius 3 is 2.55 bits per heavy atom. The van der Waals surface area contributed by atoms with Gasteiger partial charge in [-0.05, 0) is 47.3 Å². The van der Waals surface area contributed by atoms with Crippen molar-refractivity contribution in [3.63, 3.8) is 0 Å². The minimum atomic E-state index is -3.44. The SMILES string of the molecule is O=S1(=O)CC(CO)=C2[C@@H](CC/C(=C/c3ccccc3O)c3ccccc3)OB(O)C[C@@H]21. The Balaban J connectivity index is 1.65. The van der Waals surface area contributed by atoms with Gasteiger partial charge in [-0.15, -0.1) is 0 Å². The lowest BCUT2D eigenvalue weighted by Crippen LogP contribution is -2.42. The number of allylic oxidation sites excluding steroid dienone is 1. The molecule has 2 aromatic rings. The molecule has 2 heterocycles. The van der Waals surface area contributed by atoms with Gasteiger partial charge in [0, 0.05) is 11.9 Å². The molecule has 0 aromatic heterocycles. The van der Waals surface area contributed by atoms with Crippen LogP contribution in [-0.2, 0) is 14.5 Å². The number of rotatable bonds is 6. The van der Waals surface area contributed by atoms with E-state index in [4.69, 9.17) is 4.65 Å². The highest BCUT2D eigenvalue weighted by Crippen LogP contribution is 2.40. The minimum absolute atomic E-state index is 0.00304. The first-order valence-electron chi connectivity index (χ1n) is 10.3. The van der Waals surface area contributed by atoms with Gasteiger partial charge in [0.25, 0.3) is 0 Å². The summed E-state index contributed by atoms with van der Waals surface area (Å²) in [5.41, 5.74) is 3.70. The van der Waals surface area contributed by atoms with E-state index in [9.17, 15) is 23.7 Å². The Labute approximate surface area is 182 Å². The number of sulfone groups is 1. The van der Waals surface area contributed by atoms with Crippen molar-refractivity contribution in [2.24, 2.45) is 0 Å². The standard InChI is InChI=1S/C23H25BO6S/c25-14-19-15-31(28,29)22-13-24(27)30-21(23(19)22)11-10-17(16-6-2-1-3-7-16)12-18-8-4-5-9-20(18)26/h1-9,12,21-22,25-27H,10-11,13-15H2/b17-12-/t21-,22+/m1/s1. The molecule has 0 radical (unpaired) electrons. The average molecular weight is 440 g/mol. The summed E-state index contributed by atoms with van der Waals surface area (Å²) in [7, 11) is -4.60. The molecule has 31 heavy (non-hydrogen) atoms. The lowest BCUT2D eigenvalue weighted by Gasteiger charge is -2.32. The molecule has 2 aliphatic heterocycles. The molecule has 0 saturated carbocycles. The number of aliphatic hydroxyl groups is 1. The topological polar surface area (TPSA) is 104 Å². The molecule has 162 valence electrons. The summed E-state index contributed by atoms with van der Waals surface area (Å²) >= 11 is 0. The number of phenolic OH excluding ortho intramolecular Hbond substituents is 1. The fraction of sp³-hybridized carbons (Fsp3) is 0.304. The van der Waals surface area contributed by atoms with E-state index in [1.165, 1.54) is 0 Å². The van der Waals surface area contributed by atoms with Gasteiger partial charge in [0.2, 0.25) is 0 Å². The lowest BCUT2D eigenvalue weighted by atomic mass is 9.74. The first-order chi connectivity index (χ1) is 14.9. The number of phenols is 1. The van der Waals surface area contributed by atoms with Crippen LogP contribution in [0, 0.1) is 0 Å². The molecule has 0 spiro atoms. The summed E-state index contributed by atoms with van der Waals surface area (Å²) in [4.78, 5) is 0. The monoisotopic (exact) mass is 440 g/mol. The third-order valence-electron chi connectivity index (χ3n) is 5.93. The quantitative estimate of drug-likeness (QED) is 0.363. The van der Waals surface area contributed by atoms with E-state index >= 15 is 0 Å². The van der Waals surface area contributed by atoms with Gasteiger partial charge in [-0.25, -0.2) is 8.42 Å². The first-order valence-corrected chi connectivity index (χ1v) is 12.0. The fourth-order valence-corrected chi connectivity index (χ4v) is 6.56. The third-order valence-corrected chi connectivity index (χ3v) is 7.99. The number of aliphatic hydroxyl groups excluding tert-OH is 1. The molecule has 8 heteroatoms. The summed E-state index contributed by atoms with van der Waals surface area (Å²) in [5.74, 6) is -0.0116. The summed E-state index contributed by atoms with van der Waals surface area (Å²) in [5, 5.41) is 29.3. The van der Waals surface area contributed by atoms with E-state index < -0.39 is 28.3 Å². The molecule has 1 fully saturated rings. The molecular formula is C23H25BO6S. The summed E-state index contributed by atoms with van der Waals surface area (Å²) in [6.07, 6.45) is 2.29. The third kappa shape index (κ3) is 4.62. The van der Waals surface area contributed by atoms with E-state index in [0.717, 1.165) is 11.1 Å². The maximum absolute atomic E-state index is 12.5. The van der Waals surface area contributed by atoms with E-state index in [2.05, 4.69) is 0 Å². The normalized spacial score (nSPS) is 23.2. The van der Waals surface area contributed by atoms with Crippen molar-refractivity contribution in [2.75, 3.05) is 12.4 Å².